The van der Waals surface area contributed by atoms with Gasteiger partial charge in [0.2, 0.25) is 23.6 Å². The average molecular weight is 923 g/mol. The van der Waals surface area contributed by atoms with Crippen LogP contribution in [0.15, 0.2) is 146 Å². The monoisotopic (exact) mass is 922 g/mol. The predicted molar refractivity (Wildman–Crippen MR) is 260 cm³/mol. The summed E-state index contributed by atoms with van der Waals surface area (Å²) in [6.07, 6.45) is 3.47. The molecule has 0 spiro atoms. The van der Waals surface area contributed by atoms with Crippen molar-refractivity contribution in [3.63, 3.8) is 0 Å². The van der Waals surface area contributed by atoms with Crippen LogP contribution in [0.3, 0.4) is 0 Å². The van der Waals surface area contributed by atoms with Gasteiger partial charge in [-0.25, -0.2) is 0 Å². The molecule has 2 heterocycles. The van der Waals surface area contributed by atoms with Crippen molar-refractivity contribution >= 4 is 35.4 Å². The fourth-order valence-corrected chi connectivity index (χ4v) is 11.2. The van der Waals surface area contributed by atoms with E-state index < -0.39 is 17.8 Å². The Labute approximate surface area is 402 Å². The normalized spacial score (nSPS) is 29.3. The molecule has 0 radical (unpaired) electrons. The van der Waals surface area contributed by atoms with E-state index in [2.05, 4.69) is 69.8 Å². The van der Waals surface area contributed by atoms with Gasteiger partial charge in [-0.3, -0.25) is 28.8 Å². The highest BCUT2D eigenvalue weighted by atomic mass is 16.2. The smallest absolute Gasteiger partial charge is 0.253 e. The van der Waals surface area contributed by atoms with Crippen LogP contribution in [0, 0.1) is 23.7 Å². The van der Waals surface area contributed by atoms with Crippen LogP contribution in [-0.2, 0) is 19.2 Å². The number of carbonyl (C=O) groups excluding carboxylic acids is 6. The Kier molecular flexibility index (Phi) is 12.1. The summed E-state index contributed by atoms with van der Waals surface area (Å²) in [7, 11) is 0. The van der Waals surface area contributed by atoms with Crippen molar-refractivity contribution < 1.29 is 28.8 Å². The second kappa shape index (κ2) is 18.8. The molecule has 6 aliphatic rings. The van der Waals surface area contributed by atoms with Gasteiger partial charge >= 0.3 is 0 Å². The number of carbonyl (C=O) groups is 6. The van der Waals surface area contributed by atoms with Gasteiger partial charge in [0.15, 0.2) is 0 Å². The second-order valence-electron chi connectivity index (χ2n) is 20.3. The number of benzene rings is 5. The first kappa shape index (κ1) is 44.4. The van der Waals surface area contributed by atoms with Crippen molar-refractivity contribution in [1.29, 1.82) is 0 Å². The van der Waals surface area contributed by atoms with Crippen LogP contribution >= 0.6 is 0 Å². The molecular weight excluding hydrogens is 865 g/mol. The number of hydrogen-bond acceptors (Lipinski definition) is 6. The molecule has 352 valence electrons. The Morgan fingerprint density at radius 1 is 0.377 bits per heavy atom. The summed E-state index contributed by atoms with van der Waals surface area (Å²) in [6.45, 7) is 0.589. The minimum atomic E-state index is -0.727. The topological polar surface area (TPSA) is 157 Å². The molecule has 69 heavy (non-hydrogen) atoms. The van der Waals surface area contributed by atoms with Gasteiger partial charge in [-0.05, 0) is 78.1 Å². The van der Waals surface area contributed by atoms with Gasteiger partial charge < -0.3 is 31.1 Å². The molecule has 2 aliphatic heterocycles. The fourth-order valence-electron chi connectivity index (χ4n) is 11.2. The lowest BCUT2D eigenvalue weighted by Gasteiger charge is -2.18. The average Bonchev–Trinajstić information content (AvgIpc) is 4.31. The molecule has 6 fully saturated rings. The molecule has 0 aromatic heterocycles. The molecule has 5 aromatic rings. The van der Waals surface area contributed by atoms with Gasteiger partial charge in [0.1, 0.15) is 0 Å². The lowest BCUT2D eigenvalue weighted by Crippen LogP contribution is -2.43. The lowest BCUT2D eigenvalue weighted by atomic mass is 9.91. The van der Waals surface area contributed by atoms with Crippen LogP contribution in [0.2, 0.25) is 0 Å². The predicted octanol–water partition coefficient (Wildman–Crippen LogP) is 6.14. The van der Waals surface area contributed by atoms with Crippen LogP contribution in [-0.4, -0.2) is 95.6 Å². The molecule has 0 bridgehead atoms. The molecule has 12 heteroatoms. The maximum atomic E-state index is 14.2. The van der Waals surface area contributed by atoms with E-state index >= 15 is 0 Å². The number of amides is 6. The van der Waals surface area contributed by atoms with E-state index in [-0.39, 0.29) is 122 Å². The van der Waals surface area contributed by atoms with Crippen molar-refractivity contribution in [2.75, 3.05) is 26.2 Å². The van der Waals surface area contributed by atoms with Crippen LogP contribution in [0.25, 0.3) is 0 Å². The van der Waals surface area contributed by atoms with Crippen molar-refractivity contribution in [1.82, 2.24) is 31.1 Å². The zero-order valence-corrected chi connectivity index (χ0v) is 38.5. The van der Waals surface area contributed by atoms with Gasteiger partial charge in [-0.2, -0.15) is 0 Å². The largest absolute Gasteiger partial charge is 0.353 e. The van der Waals surface area contributed by atoms with Gasteiger partial charge in [0, 0.05) is 91.6 Å². The summed E-state index contributed by atoms with van der Waals surface area (Å²) in [5.74, 6) is -2.80. The molecule has 4 saturated carbocycles. The zero-order valence-electron chi connectivity index (χ0n) is 38.5. The van der Waals surface area contributed by atoms with E-state index in [1.807, 2.05) is 72.8 Å². The molecule has 6 amide bonds. The molecule has 12 atom stereocenters. The minimum Gasteiger partial charge on any atom is -0.353 e. The molecule has 2 saturated heterocycles. The number of hydrogen-bond donors (Lipinski definition) is 4. The van der Waals surface area contributed by atoms with E-state index in [1.165, 1.54) is 11.1 Å². The molecule has 11 rings (SSSR count). The van der Waals surface area contributed by atoms with E-state index in [0.29, 0.717) is 11.1 Å². The van der Waals surface area contributed by atoms with Crippen LogP contribution in [0.4, 0.5) is 0 Å². The summed E-state index contributed by atoms with van der Waals surface area (Å²) in [6, 6.07) is 46.9. The second-order valence-corrected chi connectivity index (χ2v) is 20.3. The highest BCUT2D eigenvalue weighted by molar-refractivity contribution is 5.99. The Morgan fingerprint density at radius 3 is 1.04 bits per heavy atom. The number of rotatable bonds is 15. The number of likely N-dealkylation sites (tertiary alicyclic amines) is 2. The first-order valence-electron chi connectivity index (χ1n) is 24.7. The minimum absolute atomic E-state index is 0.00243. The molecule has 12 nitrogen and oxygen atoms in total. The summed E-state index contributed by atoms with van der Waals surface area (Å²) < 4.78 is 0. The Morgan fingerprint density at radius 2 is 0.681 bits per heavy atom. The highest BCUT2D eigenvalue weighted by Crippen LogP contribution is 2.44. The third-order valence-corrected chi connectivity index (χ3v) is 15.6. The van der Waals surface area contributed by atoms with Crippen molar-refractivity contribution in [2.45, 2.75) is 79.9 Å². The Bertz CT molecular complexity index is 2650. The fraction of sp³-hybridized carbons (Fsp3) is 0.368. The summed E-state index contributed by atoms with van der Waals surface area (Å²) in [5.41, 5.74) is 5.40. The highest BCUT2D eigenvalue weighted by Gasteiger charge is 2.50. The van der Waals surface area contributed by atoms with Crippen LogP contribution in [0.5, 0.6) is 0 Å². The molecule has 4 N–H and O–H groups in total. The van der Waals surface area contributed by atoms with E-state index in [1.54, 1.807) is 34.1 Å². The first-order valence-corrected chi connectivity index (χ1v) is 24.7. The van der Waals surface area contributed by atoms with Gasteiger partial charge in [-0.15, -0.1) is 0 Å². The zero-order chi connectivity index (χ0) is 47.2. The molecule has 1 unspecified atom stereocenters. The Hall–Kier alpha value is -7.08. The SMILES string of the molecule is O=C(CC1CN(C(=O)c2ccc(C(=O)N3C[C@H](C(=O)N[C@@H]4C[C@H]4c4ccccc4)[C@@H](C(=O)N[C@@H]4C[C@H]4c4ccccc4)C3)cc2)C[C@H]1C(=O)N[C@H]1C[C@@H]1c1ccccc1)N[C@H]1C[C@@H]1c1ccccc1. The van der Waals surface area contributed by atoms with Crippen molar-refractivity contribution in [3.8, 4) is 0 Å². The summed E-state index contributed by atoms with van der Waals surface area (Å²) >= 11 is 0. The maximum Gasteiger partial charge on any atom is 0.253 e. The Balaban J connectivity index is 0.747. The first-order chi connectivity index (χ1) is 33.6. The number of nitrogens with one attached hydrogen (secondary N) is 4. The van der Waals surface area contributed by atoms with Gasteiger partial charge in [-0.1, -0.05) is 121 Å². The maximum absolute atomic E-state index is 14.2. The standard InChI is InChI=1S/C57H58N6O6/c64-52(58-48-26-41(48)34-13-5-1-6-14-34)25-40-30-62(31-45(40)53(65)59-49-27-42(49)35-15-7-2-8-16-35)56(68)38-21-23-39(24-22-38)57(69)63-32-46(54(66)60-50-28-43(50)36-17-9-3-10-18-36)47(33-63)55(67)61-51-29-44(51)37-19-11-4-12-20-37/h1-24,40-51H,25-33H2,(H,58,64)(H,59,65)(H,60,66)(H,61,67)/t40?,41-,42-,43+,44+,45-,46+,47+,48+,49+,50-,51-/m1/s1. The van der Waals surface area contributed by atoms with Crippen LogP contribution in [0.1, 0.15) is 98.7 Å². The molecular formula is C57H58N6O6. The van der Waals surface area contributed by atoms with Gasteiger partial charge in [0.25, 0.3) is 11.8 Å². The van der Waals surface area contributed by atoms with Crippen LogP contribution < -0.4 is 21.3 Å². The third-order valence-electron chi connectivity index (χ3n) is 15.6. The van der Waals surface area contributed by atoms with Crippen molar-refractivity contribution in [2.24, 2.45) is 23.7 Å². The summed E-state index contributed by atoms with van der Waals surface area (Å²) in [5, 5.41) is 12.8. The van der Waals surface area contributed by atoms with E-state index in [0.717, 1.165) is 36.8 Å². The van der Waals surface area contributed by atoms with Crippen molar-refractivity contribution in [3.05, 3.63) is 179 Å². The van der Waals surface area contributed by atoms with E-state index in [9.17, 15) is 28.8 Å². The summed E-state index contributed by atoms with van der Waals surface area (Å²) in [4.78, 5) is 87.2. The lowest BCUT2D eigenvalue weighted by molar-refractivity contribution is -0.133. The van der Waals surface area contributed by atoms with Gasteiger partial charge in [0.05, 0.1) is 17.8 Å². The quantitative estimate of drug-likeness (QED) is 0.0989. The molecule has 5 aromatic carbocycles. The molecule has 4 aliphatic carbocycles. The third kappa shape index (κ3) is 9.80. The van der Waals surface area contributed by atoms with E-state index in [4.69, 9.17) is 0 Å². The number of nitrogens with zero attached hydrogens (tertiary/aromatic N) is 2.